The number of fused-ring (bicyclic) bond motifs is 1. The summed E-state index contributed by atoms with van der Waals surface area (Å²) in [7, 11) is 0. The SMILES string of the molecule is Cc1nc2ncccn2c1C(=O)N1CCCC(c2ncc[nH]2)C1. The van der Waals surface area contributed by atoms with Crippen molar-refractivity contribution in [2.24, 2.45) is 0 Å². The van der Waals surface area contributed by atoms with E-state index in [4.69, 9.17) is 0 Å². The number of aryl methyl sites for hydroxylation is 1. The molecule has 1 fully saturated rings. The standard InChI is InChI=1S/C16H18N6O/c1-11-13(22-9-3-5-19-16(22)20-11)15(23)21-8-2-4-12(10-21)14-17-6-7-18-14/h3,5-7,9,12H,2,4,8,10H2,1H3,(H,17,18). The molecule has 0 saturated carbocycles. The number of hydrogen-bond donors (Lipinski definition) is 1. The Labute approximate surface area is 133 Å². The first-order chi connectivity index (χ1) is 11.2. The van der Waals surface area contributed by atoms with E-state index in [9.17, 15) is 4.79 Å². The van der Waals surface area contributed by atoms with Gasteiger partial charge in [0, 0.05) is 43.8 Å². The van der Waals surface area contributed by atoms with Gasteiger partial charge in [-0.1, -0.05) is 0 Å². The van der Waals surface area contributed by atoms with E-state index in [-0.39, 0.29) is 11.8 Å². The fourth-order valence-corrected chi connectivity index (χ4v) is 3.29. The summed E-state index contributed by atoms with van der Waals surface area (Å²) in [5, 5.41) is 0. The monoisotopic (exact) mass is 310 g/mol. The zero-order valence-corrected chi connectivity index (χ0v) is 12.9. The van der Waals surface area contributed by atoms with Crippen molar-refractivity contribution >= 4 is 11.7 Å². The van der Waals surface area contributed by atoms with Crippen LogP contribution < -0.4 is 0 Å². The number of nitrogens with zero attached hydrogens (tertiary/aromatic N) is 5. The number of H-pyrrole nitrogens is 1. The van der Waals surface area contributed by atoms with Crippen molar-refractivity contribution in [3.63, 3.8) is 0 Å². The number of amides is 1. The van der Waals surface area contributed by atoms with Crippen molar-refractivity contribution in [2.45, 2.75) is 25.7 Å². The molecule has 118 valence electrons. The summed E-state index contributed by atoms with van der Waals surface area (Å²) in [6.07, 6.45) is 9.14. The lowest BCUT2D eigenvalue weighted by atomic mass is 9.97. The van der Waals surface area contributed by atoms with Crippen LogP contribution in [0.5, 0.6) is 0 Å². The number of imidazole rings is 2. The number of aromatic amines is 1. The average Bonchev–Trinajstić information content (AvgIpc) is 3.21. The molecule has 4 heterocycles. The smallest absolute Gasteiger partial charge is 0.272 e. The van der Waals surface area contributed by atoms with Gasteiger partial charge in [-0.2, -0.15) is 0 Å². The van der Waals surface area contributed by atoms with Crippen LogP contribution in [0.2, 0.25) is 0 Å². The third-order valence-electron chi connectivity index (χ3n) is 4.40. The van der Waals surface area contributed by atoms with Gasteiger partial charge in [-0.3, -0.25) is 9.20 Å². The van der Waals surface area contributed by atoms with E-state index in [0.717, 1.165) is 25.2 Å². The fraction of sp³-hybridized carbons (Fsp3) is 0.375. The quantitative estimate of drug-likeness (QED) is 0.782. The molecule has 7 heteroatoms. The summed E-state index contributed by atoms with van der Waals surface area (Å²) in [4.78, 5) is 31.0. The van der Waals surface area contributed by atoms with Gasteiger partial charge in [-0.15, -0.1) is 0 Å². The van der Waals surface area contributed by atoms with E-state index in [2.05, 4.69) is 19.9 Å². The van der Waals surface area contributed by atoms with E-state index in [1.165, 1.54) is 0 Å². The predicted molar refractivity (Wildman–Crippen MR) is 84.2 cm³/mol. The van der Waals surface area contributed by atoms with Crippen molar-refractivity contribution in [1.82, 2.24) is 29.2 Å². The first-order valence-electron chi connectivity index (χ1n) is 7.82. The second-order valence-electron chi connectivity index (χ2n) is 5.90. The molecule has 0 bridgehead atoms. The molecule has 1 aliphatic rings. The van der Waals surface area contributed by atoms with Crippen LogP contribution in [0.25, 0.3) is 5.78 Å². The van der Waals surface area contributed by atoms with Crippen molar-refractivity contribution in [3.8, 4) is 0 Å². The minimum atomic E-state index is 0.0132. The van der Waals surface area contributed by atoms with Crippen molar-refractivity contribution in [1.29, 1.82) is 0 Å². The largest absolute Gasteiger partial charge is 0.348 e. The lowest BCUT2D eigenvalue weighted by Gasteiger charge is -2.31. The number of carbonyl (C=O) groups excluding carboxylic acids is 1. The van der Waals surface area contributed by atoms with Gasteiger partial charge in [-0.25, -0.2) is 15.0 Å². The zero-order valence-electron chi connectivity index (χ0n) is 12.9. The van der Waals surface area contributed by atoms with Gasteiger partial charge in [-0.05, 0) is 25.8 Å². The number of piperidine rings is 1. The second-order valence-corrected chi connectivity index (χ2v) is 5.90. The second kappa shape index (κ2) is 5.49. The Kier molecular flexibility index (Phi) is 3.33. The van der Waals surface area contributed by atoms with Gasteiger partial charge < -0.3 is 9.88 Å². The first-order valence-corrected chi connectivity index (χ1v) is 7.82. The van der Waals surface area contributed by atoms with Crippen LogP contribution >= 0.6 is 0 Å². The zero-order chi connectivity index (χ0) is 15.8. The maximum atomic E-state index is 13.0. The molecule has 0 aliphatic carbocycles. The summed E-state index contributed by atoms with van der Waals surface area (Å²) >= 11 is 0. The number of rotatable bonds is 2. The summed E-state index contributed by atoms with van der Waals surface area (Å²) in [5.74, 6) is 1.80. The van der Waals surface area contributed by atoms with Gasteiger partial charge in [0.1, 0.15) is 11.5 Å². The number of likely N-dealkylation sites (tertiary alicyclic amines) is 1. The highest BCUT2D eigenvalue weighted by molar-refractivity contribution is 5.94. The van der Waals surface area contributed by atoms with Crippen LogP contribution in [0.15, 0.2) is 30.9 Å². The Bertz CT molecular complexity index is 838. The molecule has 0 aromatic carbocycles. The normalized spacial score (nSPS) is 18.5. The summed E-state index contributed by atoms with van der Waals surface area (Å²) in [6.45, 7) is 3.30. The van der Waals surface area contributed by atoms with Crippen LogP contribution in [-0.4, -0.2) is 48.2 Å². The molecule has 1 unspecified atom stereocenters. The van der Waals surface area contributed by atoms with Crippen molar-refractivity contribution in [2.75, 3.05) is 13.1 Å². The van der Waals surface area contributed by atoms with Crippen LogP contribution in [0.4, 0.5) is 0 Å². The van der Waals surface area contributed by atoms with Gasteiger partial charge in [0.2, 0.25) is 5.78 Å². The molecule has 23 heavy (non-hydrogen) atoms. The maximum Gasteiger partial charge on any atom is 0.272 e. The van der Waals surface area contributed by atoms with Gasteiger partial charge in [0.15, 0.2) is 0 Å². The molecule has 0 radical (unpaired) electrons. The van der Waals surface area contributed by atoms with E-state index in [1.54, 1.807) is 16.8 Å². The maximum absolute atomic E-state index is 13.0. The Hall–Kier alpha value is -2.70. The van der Waals surface area contributed by atoms with Crippen molar-refractivity contribution < 1.29 is 4.79 Å². The Morgan fingerprint density at radius 2 is 2.26 bits per heavy atom. The molecule has 1 amide bonds. The molecule has 1 aliphatic heterocycles. The number of aromatic nitrogens is 5. The number of carbonyl (C=O) groups is 1. The van der Waals surface area contributed by atoms with E-state index < -0.39 is 0 Å². The lowest BCUT2D eigenvalue weighted by molar-refractivity contribution is 0.0697. The summed E-state index contributed by atoms with van der Waals surface area (Å²) in [6, 6.07) is 1.81. The average molecular weight is 310 g/mol. The van der Waals surface area contributed by atoms with E-state index >= 15 is 0 Å². The molecule has 1 N–H and O–H groups in total. The lowest BCUT2D eigenvalue weighted by Crippen LogP contribution is -2.40. The molecule has 4 rings (SSSR count). The highest BCUT2D eigenvalue weighted by Crippen LogP contribution is 2.26. The van der Waals surface area contributed by atoms with E-state index in [0.29, 0.717) is 23.7 Å². The molecule has 1 atom stereocenters. The van der Waals surface area contributed by atoms with Gasteiger partial charge >= 0.3 is 0 Å². The first kappa shape index (κ1) is 13.9. The molecular formula is C16H18N6O. The highest BCUT2D eigenvalue weighted by atomic mass is 16.2. The third-order valence-corrected chi connectivity index (χ3v) is 4.40. The third kappa shape index (κ3) is 2.38. The van der Waals surface area contributed by atoms with E-state index in [1.807, 2.05) is 30.3 Å². The molecule has 1 saturated heterocycles. The predicted octanol–water partition coefficient (Wildman–Crippen LogP) is 1.78. The van der Waals surface area contributed by atoms with Gasteiger partial charge in [0.25, 0.3) is 5.91 Å². The summed E-state index contributed by atoms with van der Waals surface area (Å²) in [5.41, 5.74) is 1.32. The molecular weight excluding hydrogens is 292 g/mol. The van der Waals surface area contributed by atoms with Crippen LogP contribution in [0, 0.1) is 6.92 Å². The van der Waals surface area contributed by atoms with Crippen LogP contribution in [0.3, 0.4) is 0 Å². The number of hydrogen-bond acceptors (Lipinski definition) is 4. The molecule has 7 nitrogen and oxygen atoms in total. The Morgan fingerprint density at radius 3 is 3.09 bits per heavy atom. The number of nitrogens with one attached hydrogen (secondary N) is 1. The minimum absolute atomic E-state index is 0.0132. The van der Waals surface area contributed by atoms with Crippen molar-refractivity contribution in [3.05, 3.63) is 48.1 Å². The fourth-order valence-electron chi connectivity index (χ4n) is 3.29. The minimum Gasteiger partial charge on any atom is -0.348 e. The van der Waals surface area contributed by atoms with Gasteiger partial charge in [0.05, 0.1) is 5.69 Å². The van der Waals surface area contributed by atoms with Crippen LogP contribution in [0.1, 0.15) is 40.8 Å². The molecule has 3 aromatic heterocycles. The highest BCUT2D eigenvalue weighted by Gasteiger charge is 2.29. The molecule has 3 aromatic rings. The summed E-state index contributed by atoms with van der Waals surface area (Å²) < 4.78 is 1.77. The Balaban J connectivity index is 1.64. The van der Waals surface area contributed by atoms with Crippen LogP contribution in [-0.2, 0) is 0 Å². The topological polar surface area (TPSA) is 79.2 Å². The molecule has 0 spiro atoms. The Morgan fingerprint density at radius 1 is 1.35 bits per heavy atom.